The molecule has 112 valence electrons. The SMILES string of the molecule is CCCC1(CCC)CN(C(C)c2nc(C(=O)O)cs2)C1. The minimum atomic E-state index is -0.936. The van der Waals surface area contributed by atoms with E-state index in [1.54, 1.807) is 5.38 Å². The van der Waals surface area contributed by atoms with Gasteiger partial charge in [0.15, 0.2) is 5.69 Å². The zero-order valence-electron chi connectivity index (χ0n) is 12.6. The van der Waals surface area contributed by atoms with Gasteiger partial charge in [-0.15, -0.1) is 11.3 Å². The molecular weight excluding hydrogens is 272 g/mol. The Balaban J connectivity index is 1.98. The van der Waals surface area contributed by atoms with E-state index in [4.69, 9.17) is 5.11 Å². The summed E-state index contributed by atoms with van der Waals surface area (Å²) in [4.78, 5) is 17.6. The molecule has 1 aliphatic heterocycles. The number of rotatable bonds is 7. The Morgan fingerprint density at radius 2 is 2.05 bits per heavy atom. The summed E-state index contributed by atoms with van der Waals surface area (Å²) >= 11 is 1.46. The number of carboxylic acids is 1. The Kier molecular flexibility index (Phi) is 4.81. The summed E-state index contributed by atoms with van der Waals surface area (Å²) in [5.41, 5.74) is 0.663. The second-order valence-corrected chi connectivity index (χ2v) is 6.85. The van der Waals surface area contributed by atoms with Gasteiger partial charge in [0.05, 0.1) is 6.04 Å². The monoisotopic (exact) mass is 296 g/mol. The Hall–Kier alpha value is -0.940. The lowest BCUT2D eigenvalue weighted by molar-refractivity contribution is -0.0404. The maximum atomic E-state index is 10.9. The van der Waals surface area contributed by atoms with E-state index in [0.29, 0.717) is 5.41 Å². The lowest BCUT2D eigenvalue weighted by Crippen LogP contribution is -2.56. The largest absolute Gasteiger partial charge is 0.476 e. The Labute approximate surface area is 124 Å². The van der Waals surface area contributed by atoms with Gasteiger partial charge in [-0.3, -0.25) is 4.90 Å². The van der Waals surface area contributed by atoms with E-state index in [1.165, 1.54) is 37.0 Å². The summed E-state index contributed by atoms with van der Waals surface area (Å²) in [5.74, 6) is -0.936. The molecule has 0 saturated carbocycles. The van der Waals surface area contributed by atoms with Crippen molar-refractivity contribution in [3.8, 4) is 0 Å². The molecule has 2 rings (SSSR count). The van der Waals surface area contributed by atoms with E-state index in [-0.39, 0.29) is 11.7 Å². The van der Waals surface area contributed by atoms with Crippen LogP contribution in [0.3, 0.4) is 0 Å². The quantitative estimate of drug-likeness (QED) is 0.831. The highest BCUT2D eigenvalue weighted by Gasteiger charge is 2.43. The molecule has 1 unspecified atom stereocenters. The zero-order chi connectivity index (χ0) is 14.8. The first-order chi connectivity index (χ1) is 9.51. The molecule has 1 fully saturated rings. The van der Waals surface area contributed by atoms with Crippen molar-refractivity contribution in [1.82, 2.24) is 9.88 Å². The smallest absolute Gasteiger partial charge is 0.355 e. The van der Waals surface area contributed by atoms with Crippen LogP contribution >= 0.6 is 11.3 Å². The van der Waals surface area contributed by atoms with Crippen LogP contribution in [0.25, 0.3) is 0 Å². The first-order valence-electron chi connectivity index (χ1n) is 7.44. The molecule has 0 amide bonds. The number of likely N-dealkylation sites (tertiary alicyclic amines) is 1. The van der Waals surface area contributed by atoms with Crippen LogP contribution in [0.4, 0.5) is 0 Å². The van der Waals surface area contributed by atoms with Crippen molar-refractivity contribution in [2.75, 3.05) is 13.1 Å². The molecule has 1 aromatic heterocycles. The highest BCUT2D eigenvalue weighted by atomic mass is 32.1. The van der Waals surface area contributed by atoms with Gasteiger partial charge in [0.1, 0.15) is 5.01 Å². The molecule has 0 spiro atoms. The molecule has 20 heavy (non-hydrogen) atoms. The van der Waals surface area contributed by atoms with Gasteiger partial charge in [-0.05, 0) is 25.2 Å². The fourth-order valence-electron chi connectivity index (χ4n) is 3.32. The average Bonchev–Trinajstić information content (AvgIpc) is 2.84. The van der Waals surface area contributed by atoms with Gasteiger partial charge < -0.3 is 5.11 Å². The van der Waals surface area contributed by atoms with Gasteiger partial charge in [0.2, 0.25) is 0 Å². The zero-order valence-corrected chi connectivity index (χ0v) is 13.4. The minimum Gasteiger partial charge on any atom is -0.476 e. The second-order valence-electron chi connectivity index (χ2n) is 5.96. The van der Waals surface area contributed by atoms with Gasteiger partial charge in [-0.2, -0.15) is 0 Å². The highest BCUT2D eigenvalue weighted by molar-refractivity contribution is 7.09. The minimum absolute atomic E-state index is 0.172. The molecule has 0 aliphatic carbocycles. The Morgan fingerprint density at radius 3 is 2.50 bits per heavy atom. The molecule has 1 N–H and O–H groups in total. The van der Waals surface area contributed by atoms with Crippen LogP contribution in [-0.4, -0.2) is 34.0 Å². The van der Waals surface area contributed by atoms with Gasteiger partial charge >= 0.3 is 5.97 Å². The summed E-state index contributed by atoms with van der Waals surface area (Å²) in [6.07, 6.45) is 5.07. The lowest BCUT2D eigenvalue weighted by atomic mass is 9.72. The molecule has 0 aromatic carbocycles. The summed E-state index contributed by atoms with van der Waals surface area (Å²) in [6, 6.07) is 0.231. The van der Waals surface area contributed by atoms with Crippen molar-refractivity contribution in [2.24, 2.45) is 5.41 Å². The highest BCUT2D eigenvalue weighted by Crippen LogP contribution is 2.43. The molecule has 5 heteroatoms. The van der Waals surface area contributed by atoms with E-state index in [9.17, 15) is 4.79 Å². The number of hydrogen-bond acceptors (Lipinski definition) is 4. The lowest BCUT2D eigenvalue weighted by Gasteiger charge is -2.53. The number of nitrogens with zero attached hydrogens (tertiary/aromatic N) is 2. The number of carboxylic acid groups (broad SMARTS) is 1. The van der Waals surface area contributed by atoms with E-state index in [0.717, 1.165) is 18.1 Å². The van der Waals surface area contributed by atoms with Gasteiger partial charge in [-0.25, -0.2) is 9.78 Å². The standard InChI is InChI=1S/C15H24N2O2S/c1-4-6-15(7-5-2)9-17(10-15)11(3)13-16-12(8-20-13)14(18)19/h8,11H,4-7,9-10H2,1-3H3,(H,18,19). The molecule has 4 nitrogen and oxygen atoms in total. The average molecular weight is 296 g/mol. The van der Waals surface area contributed by atoms with E-state index in [2.05, 4.69) is 30.7 Å². The van der Waals surface area contributed by atoms with Gasteiger partial charge in [0, 0.05) is 18.5 Å². The third-order valence-corrected chi connectivity index (χ3v) is 5.30. The molecule has 2 heterocycles. The predicted octanol–water partition coefficient (Wildman–Crippen LogP) is 3.80. The van der Waals surface area contributed by atoms with Crippen LogP contribution in [0.5, 0.6) is 0 Å². The van der Waals surface area contributed by atoms with E-state index >= 15 is 0 Å². The van der Waals surface area contributed by atoms with Crippen LogP contribution in [0, 0.1) is 5.41 Å². The number of carbonyl (C=O) groups is 1. The third-order valence-electron chi connectivity index (χ3n) is 4.28. The summed E-state index contributed by atoms with van der Waals surface area (Å²) in [6.45, 7) is 8.88. The second kappa shape index (κ2) is 6.22. The van der Waals surface area contributed by atoms with Crippen LogP contribution in [0.1, 0.15) is 68.0 Å². The predicted molar refractivity (Wildman–Crippen MR) is 81.3 cm³/mol. The van der Waals surface area contributed by atoms with Crippen molar-refractivity contribution < 1.29 is 9.90 Å². The maximum Gasteiger partial charge on any atom is 0.355 e. The van der Waals surface area contributed by atoms with Crippen molar-refractivity contribution >= 4 is 17.3 Å². The van der Waals surface area contributed by atoms with Gasteiger partial charge in [-0.1, -0.05) is 26.7 Å². The molecule has 1 aliphatic rings. The van der Waals surface area contributed by atoms with Gasteiger partial charge in [0.25, 0.3) is 0 Å². The molecule has 0 bridgehead atoms. The third kappa shape index (κ3) is 3.04. The first-order valence-corrected chi connectivity index (χ1v) is 8.32. The van der Waals surface area contributed by atoms with Crippen LogP contribution in [0.2, 0.25) is 0 Å². The van der Waals surface area contributed by atoms with Crippen LogP contribution in [-0.2, 0) is 0 Å². The molecule has 1 saturated heterocycles. The fourth-order valence-corrected chi connectivity index (χ4v) is 4.21. The normalized spacial score (nSPS) is 19.6. The number of aromatic carboxylic acids is 1. The fraction of sp³-hybridized carbons (Fsp3) is 0.733. The van der Waals surface area contributed by atoms with E-state index < -0.39 is 5.97 Å². The van der Waals surface area contributed by atoms with Crippen molar-refractivity contribution in [1.29, 1.82) is 0 Å². The van der Waals surface area contributed by atoms with Crippen LogP contribution in [0.15, 0.2) is 5.38 Å². The number of aromatic nitrogens is 1. The van der Waals surface area contributed by atoms with E-state index in [1.807, 2.05) is 0 Å². The summed E-state index contributed by atoms with van der Waals surface area (Å²) in [5, 5.41) is 11.5. The topological polar surface area (TPSA) is 53.4 Å². The summed E-state index contributed by atoms with van der Waals surface area (Å²) in [7, 11) is 0. The Morgan fingerprint density at radius 1 is 1.45 bits per heavy atom. The maximum absolute atomic E-state index is 10.9. The van der Waals surface area contributed by atoms with Crippen molar-refractivity contribution in [3.05, 3.63) is 16.1 Å². The molecule has 1 aromatic rings. The van der Waals surface area contributed by atoms with Crippen LogP contribution < -0.4 is 0 Å². The van der Waals surface area contributed by atoms with Crippen molar-refractivity contribution in [2.45, 2.75) is 52.5 Å². The van der Waals surface area contributed by atoms with Crippen molar-refractivity contribution in [3.63, 3.8) is 0 Å². The number of thiazole rings is 1. The molecule has 0 radical (unpaired) electrons. The Bertz CT molecular complexity index is 458. The molecule has 1 atom stereocenters. The number of hydrogen-bond donors (Lipinski definition) is 1. The first kappa shape index (κ1) is 15.4. The molecular formula is C15H24N2O2S. The summed E-state index contributed by atoms with van der Waals surface area (Å²) < 4.78 is 0.